The predicted molar refractivity (Wildman–Crippen MR) is 146 cm³/mol. The molecule has 1 saturated carbocycles. The van der Waals surface area contributed by atoms with Gasteiger partial charge in [-0.25, -0.2) is 4.79 Å². The molecular weight excluding hydrogens is 550 g/mol. The van der Waals surface area contributed by atoms with Gasteiger partial charge in [0.1, 0.15) is 22.8 Å². The minimum atomic E-state index is -2.74. The summed E-state index contributed by atoms with van der Waals surface area (Å²) in [4.78, 5) is 68.9. The molecule has 0 aromatic heterocycles. The number of hydrogen-bond donors (Lipinski definition) is 6. The molecule has 42 heavy (non-hydrogen) atoms. The fourth-order valence-electron chi connectivity index (χ4n) is 6.92. The number of benzene rings is 1. The minimum absolute atomic E-state index is 0.00110. The number of phenolic OH excluding ortho intramolecular Hbond substituents is 1. The molecular formula is C28H33N5O9. The summed E-state index contributed by atoms with van der Waals surface area (Å²) in [5.74, 6) is -7.80. The van der Waals surface area contributed by atoms with E-state index in [9.17, 15) is 44.4 Å². The largest absolute Gasteiger partial charge is 0.508 e. The molecule has 0 radical (unpaired) electrons. The van der Waals surface area contributed by atoms with E-state index in [0.29, 0.717) is 31.7 Å². The van der Waals surface area contributed by atoms with Crippen molar-refractivity contribution < 1.29 is 44.4 Å². The van der Waals surface area contributed by atoms with Crippen molar-refractivity contribution in [2.75, 3.05) is 46.8 Å². The Morgan fingerprint density at radius 1 is 1.05 bits per heavy atom. The van der Waals surface area contributed by atoms with Gasteiger partial charge in [0.15, 0.2) is 17.2 Å². The molecule has 0 bridgehead atoms. The van der Waals surface area contributed by atoms with Gasteiger partial charge in [0.2, 0.25) is 5.78 Å². The van der Waals surface area contributed by atoms with Crippen LogP contribution in [0.3, 0.4) is 0 Å². The van der Waals surface area contributed by atoms with Crippen LogP contribution in [-0.2, 0) is 20.8 Å². The number of Topliss-reactive ketones (excluding diaryl/α,β-unsaturated/α-hetero) is 3. The molecule has 4 unspecified atom stereocenters. The van der Waals surface area contributed by atoms with E-state index >= 15 is 0 Å². The number of aliphatic hydroxyl groups excluding tert-OH is 2. The van der Waals surface area contributed by atoms with Crippen LogP contribution in [0.2, 0.25) is 0 Å². The zero-order valence-corrected chi connectivity index (χ0v) is 23.2. The third-order valence-electron chi connectivity index (χ3n) is 8.96. The molecule has 1 heterocycles. The molecule has 5 rings (SSSR count). The Labute approximate surface area is 240 Å². The van der Waals surface area contributed by atoms with Crippen LogP contribution >= 0.6 is 0 Å². The van der Waals surface area contributed by atoms with E-state index in [1.54, 1.807) is 0 Å². The molecule has 3 aliphatic carbocycles. The lowest BCUT2D eigenvalue weighted by Gasteiger charge is -2.50. The van der Waals surface area contributed by atoms with Crippen LogP contribution in [0.1, 0.15) is 27.9 Å². The lowest BCUT2D eigenvalue weighted by atomic mass is 9.57. The van der Waals surface area contributed by atoms with Crippen LogP contribution < -0.4 is 11.5 Å². The maximum Gasteiger partial charge on any atom is 0.314 e. The van der Waals surface area contributed by atoms with Crippen molar-refractivity contribution in [1.82, 2.24) is 14.7 Å². The van der Waals surface area contributed by atoms with E-state index < -0.39 is 69.8 Å². The number of likely N-dealkylation sites (N-methyl/N-ethyl adjacent to an activating group) is 1. The van der Waals surface area contributed by atoms with Crippen molar-refractivity contribution in [3.63, 3.8) is 0 Å². The predicted octanol–water partition coefficient (Wildman–Crippen LogP) is -1.16. The van der Waals surface area contributed by atoms with Gasteiger partial charge in [-0.05, 0) is 50.6 Å². The maximum absolute atomic E-state index is 13.9. The van der Waals surface area contributed by atoms with Gasteiger partial charge in [0.25, 0.3) is 5.91 Å². The molecule has 2 fully saturated rings. The fraction of sp³-hybridized carbons (Fsp3) is 0.464. The van der Waals surface area contributed by atoms with Crippen LogP contribution in [-0.4, -0.2) is 123 Å². The van der Waals surface area contributed by atoms with E-state index in [2.05, 4.69) is 0 Å². The quantitative estimate of drug-likeness (QED) is 0.179. The highest BCUT2D eigenvalue weighted by molar-refractivity contribution is 6.24. The fourth-order valence-corrected chi connectivity index (χ4v) is 6.92. The Morgan fingerprint density at radius 2 is 1.69 bits per heavy atom. The number of carbonyl (C=O) groups is 5. The summed E-state index contributed by atoms with van der Waals surface area (Å²) in [5, 5.41) is 44.7. The second-order valence-corrected chi connectivity index (χ2v) is 11.5. The van der Waals surface area contributed by atoms with Gasteiger partial charge in [-0.3, -0.25) is 29.0 Å². The average molecular weight is 584 g/mol. The maximum atomic E-state index is 13.9. The summed E-state index contributed by atoms with van der Waals surface area (Å²) in [7, 11) is 3.04. The number of rotatable bonds is 5. The Bertz CT molecular complexity index is 1490. The molecule has 14 heteroatoms. The molecule has 0 spiro atoms. The zero-order valence-electron chi connectivity index (χ0n) is 23.2. The number of nitrogens with two attached hydrogens (primary N) is 2. The molecule has 14 nitrogen and oxygen atoms in total. The van der Waals surface area contributed by atoms with Crippen molar-refractivity contribution in [2.24, 2.45) is 23.3 Å². The lowest BCUT2D eigenvalue weighted by molar-refractivity contribution is -0.153. The summed E-state index contributed by atoms with van der Waals surface area (Å²) in [6.07, 6.45) is -0.0659. The first-order valence-electron chi connectivity index (χ1n) is 13.5. The van der Waals surface area contributed by atoms with Crippen molar-refractivity contribution in [2.45, 2.75) is 24.5 Å². The number of ketones is 3. The summed E-state index contributed by atoms with van der Waals surface area (Å²) >= 11 is 0. The molecule has 4 aliphatic rings. The summed E-state index contributed by atoms with van der Waals surface area (Å²) in [5.41, 5.74) is 7.15. The summed E-state index contributed by atoms with van der Waals surface area (Å²) in [6.45, 7) is 1.57. The molecule has 1 aromatic carbocycles. The molecule has 8 N–H and O–H groups in total. The van der Waals surface area contributed by atoms with Crippen molar-refractivity contribution in [1.29, 1.82) is 0 Å². The number of aromatic hydroxyl groups is 1. The van der Waals surface area contributed by atoms with Gasteiger partial charge in [-0.1, -0.05) is 0 Å². The van der Waals surface area contributed by atoms with Crippen LogP contribution in [0.5, 0.6) is 5.75 Å². The number of nitrogens with zero attached hydrogens (tertiary/aromatic N) is 3. The van der Waals surface area contributed by atoms with Crippen molar-refractivity contribution in [3.8, 4) is 5.75 Å². The van der Waals surface area contributed by atoms with E-state index in [4.69, 9.17) is 11.5 Å². The lowest BCUT2D eigenvalue weighted by Crippen LogP contribution is -2.65. The van der Waals surface area contributed by atoms with E-state index in [1.807, 2.05) is 4.90 Å². The second kappa shape index (κ2) is 10.2. The molecule has 1 aromatic rings. The highest BCUT2D eigenvalue weighted by atomic mass is 16.3. The topological polar surface area (TPSA) is 228 Å². The van der Waals surface area contributed by atoms with Gasteiger partial charge in [0.05, 0.1) is 18.2 Å². The van der Waals surface area contributed by atoms with Gasteiger partial charge >= 0.3 is 6.03 Å². The van der Waals surface area contributed by atoms with Crippen LogP contribution in [0.15, 0.2) is 29.0 Å². The second-order valence-electron chi connectivity index (χ2n) is 11.5. The van der Waals surface area contributed by atoms with Gasteiger partial charge in [-0.15, -0.1) is 0 Å². The van der Waals surface area contributed by atoms with Crippen LogP contribution in [0, 0.1) is 11.8 Å². The van der Waals surface area contributed by atoms with Gasteiger partial charge in [-0.2, -0.15) is 0 Å². The number of hydrogen-bond acceptors (Lipinski definition) is 11. The first-order chi connectivity index (χ1) is 19.7. The monoisotopic (exact) mass is 583 g/mol. The summed E-state index contributed by atoms with van der Waals surface area (Å²) in [6, 6.07) is 0.928. The average Bonchev–Trinajstić information content (AvgIpc) is 2.90. The molecule has 1 saturated heterocycles. The van der Waals surface area contributed by atoms with Crippen molar-refractivity contribution in [3.05, 3.63) is 45.7 Å². The molecule has 1 aliphatic heterocycles. The number of carbonyl (C=O) groups excluding carboxylic acids is 5. The van der Waals surface area contributed by atoms with Crippen molar-refractivity contribution >= 4 is 35.0 Å². The first kappa shape index (κ1) is 29.2. The highest BCUT2D eigenvalue weighted by Gasteiger charge is 2.64. The molecule has 4 atom stereocenters. The summed E-state index contributed by atoms with van der Waals surface area (Å²) < 4.78 is 0. The van der Waals surface area contributed by atoms with Gasteiger partial charge in [0, 0.05) is 43.2 Å². The Hall–Kier alpha value is -4.27. The number of piperazine rings is 1. The Balaban J connectivity index is 1.55. The number of phenols is 1. The number of aliphatic hydroxyl groups is 3. The van der Waals surface area contributed by atoms with Crippen LogP contribution in [0.4, 0.5) is 4.79 Å². The van der Waals surface area contributed by atoms with E-state index in [0.717, 1.165) is 0 Å². The SMILES string of the molecule is CN(C)C1C(=O)C(C(N)=O)=C(O)C2(O)C(=O)C3=C(O)c4c(O)ccc(C(=O)CN5CCN(C(N)=O)CC5)c4CC3CC12. The third-order valence-corrected chi connectivity index (χ3v) is 8.96. The third kappa shape index (κ3) is 4.25. The Kier molecular flexibility index (Phi) is 7.11. The first-order valence-corrected chi connectivity index (χ1v) is 13.5. The molecule has 3 amide bonds. The Morgan fingerprint density at radius 3 is 2.26 bits per heavy atom. The highest BCUT2D eigenvalue weighted by Crippen LogP contribution is 2.53. The van der Waals surface area contributed by atoms with E-state index in [-0.39, 0.29) is 41.9 Å². The van der Waals surface area contributed by atoms with Gasteiger partial charge < -0.3 is 36.8 Å². The number of urea groups is 1. The number of primary amides is 2. The minimum Gasteiger partial charge on any atom is -0.508 e. The molecule has 224 valence electrons. The van der Waals surface area contributed by atoms with Crippen LogP contribution in [0.25, 0.3) is 5.76 Å². The van der Waals surface area contributed by atoms with E-state index in [1.165, 1.54) is 36.0 Å². The number of fused-ring (bicyclic) bond motifs is 3. The zero-order chi connectivity index (χ0) is 30.8. The number of amides is 3. The standard InChI is InChI=1S/C28H33N5O9/c1-31(2)21-15-10-12-9-14-13(17(35)11-32-5-7-33(8-6-32)27(30)41)3-4-16(34)19(14)22(36)18(12)24(38)28(15,42)25(39)20(23(21)37)26(29)40/h3-4,12,15,21,34,36,39,42H,5-11H2,1-2H3,(H2,29,40)(H2,30,41). The smallest absolute Gasteiger partial charge is 0.314 e. The normalized spacial score (nSPS) is 28.0.